The number of amides is 1. The van der Waals surface area contributed by atoms with Gasteiger partial charge in [0.2, 0.25) is 0 Å². The Hall–Kier alpha value is -1.01. The number of carbonyl (C=O) groups excluding carboxylic acids is 1. The molecule has 6 heteroatoms. The van der Waals surface area contributed by atoms with Crippen molar-refractivity contribution in [1.29, 1.82) is 0 Å². The van der Waals surface area contributed by atoms with Gasteiger partial charge < -0.3 is 10.2 Å². The lowest BCUT2D eigenvalue weighted by Gasteiger charge is -2.31. The number of likely N-dealkylation sites (tertiary alicyclic amines) is 1. The molecule has 0 radical (unpaired) electrons. The summed E-state index contributed by atoms with van der Waals surface area (Å²) in [6.45, 7) is 2.80. The van der Waals surface area contributed by atoms with Crippen LogP contribution in [0.3, 0.4) is 0 Å². The van der Waals surface area contributed by atoms with E-state index < -0.39 is 0 Å². The van der Waals surface area contributed by atoms with Crippen LogP contribution in [0.5, 0.6) is 0 Å². The normalized spacial score (nSPS) is 17.4. The highest BCUT2D eigenvalue weighted by atomic mass is 32.1. The van der Waals surface area contributed by atoms with Gasteiger partial charge in [-0.25, -0.2) is 0 Å². The fourth-order valence-corrected chi connectivity index (χ4v) is 2.67. The van der Waals surface area contributed by atoms with Gasteiger partial charge in [-0.2, -0.15) is 0 Å². The van der Waals surface area contributed by atoms with Gasteiger partial charge in [0.15, 0.2) is 0 Å². The molecule has 2 heterocycles. The molecule has 0 unspecified atom stereocenters. The van der Waals surface area contributed by atoms with Crippen LogP contribution in [0.25, 0.3) is 0 Å². The molecular formula is C11H18N4OS. The molecule has 1 N–H and O–H groups in total. The Labute approximate surface area is 105 Å². The van der Waals surface area contributed by atoms with E-state index in [0.29, 0.717) is 4.88 Å². The number of nitrogens with zero attached hydrogens (tertiary/aromatic N) is 3. The lowest BCUT2D eigenvalue weighted by molar-refractivity contribution is 0.0692. The molecule has 0 saturated carbocycles. The summed E-state index contributed by atoms with van der Waals surface area (Å²) in [6.07, 6.45) is 4.99. The van der Waals surface area contributed by atoms with Crippen LogP contribution >= 0.6 is 11.5 Å². The average molecular weight is 254 g/mol. The molecular weight excluding hydrogens is 236 g/mol. The lowest BCUT2D eigenvalue weighted by atomic mass is 9.93. The molecule has 17 heavy (non-hydrogen) atoms. The van der Waals surface area contributed by atoms with Crippen molar-refractivity contribution in [3.8, 4) is 0 Å². The quantitative estimate of drug-likeness (QED) is 0.871. The number of hydrogen-bond donors (Lipinski definition) is 1. The van der Waals surface area contributed by atoms with E-state index in [2.05, 4.69) is 14.9 Å². The summed E-state index contributed by atoms with van der Waals surface area (Å²) in [6, 6.07) is 0. The Balaban J connectivity index is 1.81. The van der Waals surface area contributed by atoms with Gasteiger partial charge in [-0.05, 0) is 50.3 Å². The highest BCUT2D eigenvalue weighted by molar-refractivity contribution is 7.07. The van der Waals surface area contributed by atoms with Crippen molar-refractivity contribution in [2.75, 3.05) is 26.7 Å². The highest BCUT2D eigenvalue weighted by Crippen LogP contribution is 2.21. The molecule has 0 atom stereocenters. The first-order chi connectivity index (χ1) is 8.31. The molecule has 2 rings (SSSR count). The predicted octanol–water partition coefficient (Wildman–Crippen LogP) is 1.000. The van der Waals surface area contributed by atoms with Crippen LogP contribution in [0.2, 0.25) is 0 Å². The minimum atomic E-state index is 0.0899. The first-order valence-electron chi connectivity index (χ1n) is 6.02. The van der Waals surface area contributed by atoms with E-state index in [9.17, 15) is 4.79 Å². The monoisotopic (exact) mass is 254 g/mol. The van der Waals surface area contributed by atoms with Crippen LogP contribution < -0.4 is 5.32 Å². The average Bonchev–Trinajstić information content (AvgIpc) is 2.90. The molecule has 0 spiro atoms. The van der Waals surface area contributed by atoms with Gasteiger partial charge in [0.1, 0.15) is 4.88 Å². The van der Waals surface area contributed by atoms with Gasteiger partial charge in [-0.3, -0.25) is 4.79 Å². The molecule has 1 amide bonds. The van der Waals surface area contributed by atoms with Crippen molar-refractivity contribution in [1.82, 2.24) is 19.8 Å². The maximum atomic E-state index is 12.0. The molecule has 0 bridgehead atoms. The van der Waals surface area contributed by atoms with Gasteiger partial charge in [0.25, 0.3) is 5.91 Å². The summed E-state index contributed by atoms with van der Waals surface area (Å²) in [7, 11) is 1.98. The molecule has 0 aromatic carbocycles. The van der Waals surface area contributed by atoms with Crippen LogP contribution in [0.4, 0.5) is 0 Å². The Morgan fingerprint density at radius 1 is 1.59 bits per heavy atom. The predicted molar refractivity (Wildman–Crippen MR) is 67.1 cm³/mol. The Morgan fingerprint density at radius 3 is 2.94 bits per heavy atom. The largest absolute Gasteiger partial charge is 0.338 e. The number of piperidine rings is 1. The molecule has 1 aliphatic rings. The SMILES string of the molecule is CNCCC1CCN(C(=O)c2cnns2)CC1. The van der Waals surface area contributed by atoms with Crippen molar-refractivity contribution in [2.24, 2.45) is 5.92 Å². The maximum Gasteiger partial charge on any atom is 0.267 e. The summed E-state index contributed by atoms with van der Waals surface area (Å²) >= 11 is 1.18. The van der Waals surface area contributed by atoms with Crippen LogP contribution in [0, 0.1) is 5.92 Å². The van der Waals surface area contributed by atoms with Gasteiger partial charge in [-0.15, -0.1) is 5.10 Å². The fraction of sp³-hybridized carbons (Fsp3) is 0.727. The first kappa shape index (κ1) is 12.4. The summed E-state index contributed by atoms with van der Waals surface area (Å²) in [5, 5.41) is 6.88. The zero-order chi connectivity index (χ0) is 12.1. The van der Waals surface area contributed by atoms with Crippen LogP contribution in [0.1, 0.15) is 28.9 Å². The van der Waals surface area contributed by atoms with Crippen molar-refractivity contribution in [3.63, 3.8) is 0 Å². The van der Waals surface area contributed by atoms with Crippen molar-refractivity contribution in [3.05, 3.63) is 11.1 Å². The zero-order valence-corrected chi connectivity index (χ0v) is 10.9. The standard InChI is InChI=1S/C11H18N4OS/c1-12-5-2-9-3-6-15(7-4-9)11(16)10-8-13-14-17-10/h8-9,12H,2-7H2,1H3. The molecule has 1 aliphatic heterocycles. The zero-order valence-electron chi connectivity index (χ0n) is 10.1. The van der Waals surface area contributed by atoms with Gasteiger partial charge in [0.05, 0.1) is 6.20 Å². The first-order valence-corrected chi connectivity index (χ1v) is 6.80. The van der Waals surface area contributed by atoms with E-state index >= 15 is 0 Å². The Morgan fingerprint density at radius 2 is 2.35 bits per heavy atom. The molecule has 1 saturated heterocycles. The second-order valence-corrected chi connectivity index (χ2v) is 5.20. The highest BCUT2D eigenvalue weighted by Gasteiger charge is 2.24. The lowest BCUT2D eigenvalue weighted by Crippen LogP contribution is -2.38. The molecule has 0 aliphatic carbocycles. The van der Waals surface area contributed by atoms with Gasteiger partial charge in [-0.1, -0.05) is 4.49 Å². The van der Waals surface area contributed by atoms with Crippen LogP contribution in [0.15, 0.2) is 6.20 Å². The van der Waals surface area contributed by atoms with E-state index in [-0.39, 0.29) is 5.91 Å². The minimum absolute atomic E-state index is 0.0899. The maximum absolute atomic E-state index is 12.0. The fourth-order valence-electron chi connectivity index (χ4n) is 2.19. The van der Waals surface area contributed by atoms with Crippen molar-refractivity contribution in [2.45, 2.75) is 19.3 Å². The molecule has 94 valence electrons. The third kappa shape index (κ3) is 3.23. The molecule has 1 fully saturated rings. The van der Waals surface area contributed by atoms with E-state index in [4.69, 9.17) is 0 Å². The van der Waals surface area contributed by atoms with Crippen LogP contribution in [-0.4, -0.2) is 47.1 Å². The van der Waals surface area contributed by atoms with E-state index in [0.717, 1.165) is 38.4 Å². The summed E-state index contributed by atoms with van der Waals surface area (Å²) in [5.74, 6) is 0.846. The van der Waals surface area contributed by atoms with Gasteiger partial charge >= 0.3 is 0 Å². The van der Waals surface area contributed by atoms with Crippen molar-refractivity contribution < 1.29 is 4.79 Å². The Bertz CT molecular complexity index is 346. The third-order valence-electron chi connectivity index (χ3n) is 3.28. The van der Waals surface area contributed by atoms with Crippen molar-refractivity contribution >= 4 is 17.4 Å². The summed E-state index contributed by atoms with van der Waals surface area (Å²) in [4.78, 5) is 14.6. The van der Waals surface area contributed by atoms with E-state index in [1.165, 1.54) is 18.0 Å². The van der Waals surface area contributed by atoms with Crippen LogP contribution in [-0.2, 0) is 0 Å². The van der Waals surface area contributed by atoms with E-state index in [1.807, 2.05) is 11.9 Å². The minimum Gasteiger partial charge on any atom is -0.338 e. The summed E-state index contributed by atoms with van der Waals surface area (Å²) < 4.78 is 3.73. The number of hydrogen-bond acceptors (Lipinski definition) is 5. The topological polar surface area (TPSA) is 58.1 Å². The third-order valence-corrected chi connectivity index (χ3v) is 3.93. The summed E-state index contributed by atoms with van der Waals surface area (Å²) in [5.41, 5.74) is 0. The Kier molecular flexibility index (Phi) is 4.44. The van der Waals surface area contributed by atoms with E-state index in [1.54, 1.807) is 6.20 Å². The molecule has 5 nitrogen and oxygen atoms in total. The number of aromatic nitrogens is 2. The smallest absolute Gasteiger partial charge is 0.267 e. The second-order valence-electron chi connectivity index (χ2n) is 4.41. The number of rotatable bonds is 4. The second kappa shape index (κ2) is 6.07. The number of carbonyl (C=O) groups is 1. The van der Waals surface area contributed by atoms with Gasteiger partial charge in [0, 0.05) is 13.1 Å². The number of nitrogens with one attached hydrogen (secondary N) is 1. The molecule has 1 aromatic rings. The molecule has 1 aromatic heterocycles.